The molecule has 0 aliphatic heterocycles. The maximum Gasteiger partial charge on any atom is 0.0718 e. The van der Waals surface area contributed by atoms with Crippen LogP contribution in [0.25, 0.3) is 0 Å². The third kappa shape index (κ3) is 12.6. The van der Waals surface area contributed by atoms with Gasteiger partial charge in [-0.25, -0.2) is 0 Å². The summed E-state index contributed by atoms with van der Waals surface area (Å²) in [4.78, 5) is 1.82. The van der Waals surface area contributed by atoms with Crippen LogP contribution in [0.5, 0.6) is 0 Å². The molecule has 86 valence electrons. The van der Waals surface area contributed by atoms with Gasteiger partial charge >= 0.3 is 0 Å². The van der Waals surface area contributed by atoms with Crippen molar-refractivity contribution in [2.75, 3.05) is 32.8 Å². The maximum atomic E-state index is 9.44. The summed E-state index contributed by atoms with van der Waals surface area (Å²) in [6.07, 6.45) is 0. The number of hydrogen-bond acceptors (Lipinski definition) is 4. The zero-order valence-corrected chi connectivity index (χ0v) is 10.9. The summed E-state index contributed by atoms with van der Waals surface area (Å²) in [5.41, 5.74) is -0.773. The van der Waals surface area contributed by atoms with E-state index in [1.165, 1.54) is 0 Å². The summed E-state index contributed by atoms with van der Waals surface area (Å²) in [5, 5.41) is 26.7. The molecule has 5 heteroatoms. The van der Waals surface area contributed by atoms with E-state index in [1.54, 1.807) is 13.8 Å². The van der Waals surface area contributed by atoms with E-state index in [1.807, 2.05) is 4.90 Å². The Morgan fingerprint density at radius 3 is 1.64 bits per heavy atom. The molecule has 0 unspecified atom stereocenters. The topological polar surface area (TPSA) is 63.9 Å². The fourth-order valence-corrected chi connectivity index (χ4v) is 1.10. The first-order valence-corrected chi connectivity index (χ1v) is 4.16. The molecular formula is C9H22NO3Ti-. The first-order chi connectivity index (χ1) is 5.49. The molecule has 0 fully saturated rings. The summed E-state index contributed by atoms with van der Waals surface area (Å²) in [6, 6.07) is 0. The van der Waals surface area contributed by atoms with E-state index < -0.39 is 5.60 Å². The third-order valence-corrected chi connectivity index (χ3v) is 1.44. The summed E-state index contributed by atoms with van der Waals surface area (Å²) < 4.78 is 0. The Labute approximate surface area is 102 Å². The zero-order valence-electron chi connectivity index (χ0n) is 9.32. The predicted octanol–water partition coefficient (Wildman–Crippen LogP) is -0.508. The van der Waals surface area contributed by atoms with Gasteiger partial charge in [0, 0.05) is 41.4 Å². The van der Waals surface area contributed by atoms with Crippen LogP contribution in [-0.2, 0) is 21.7 Å². The smallest absolute Gasteiger partial charge is 0.0718 e. The van der Waals surface area contributed by atoms with Crippen molar-refractivity contribution in [3.05, 3.63) is 7.43 Å². The second kappa shape index (κ2) is 10.1. The van der Waals surface area contributed by atoms with Gasteiger partial charge in [-0.05, 0) is 13.8 Å². The van der Waals surface area contributed by atoms with Gasteiger partial charge in [0.15, 0.2) is 0 Å². The van der Waals surface area contributed by atoms with Crippen LogP contribution in [0, 0.1) is 7.43 Å². The Bertz CT molecular complexity index is 111. The van der Waals surface area contributed by atoms with Gasteiger partial charge in [-0.2, -0.15) is 0 Å². The molecule has 0 aromatic heterocycles. The van der Waals surface area contributed by atoms with Gasteiger partial charge in [-0.15, -0.1) is 0 Å². The van der Waals surface area contributed by atoms with Crippen LogP contribution in [0.15, 0.2) is 0 Å². The number of rotatable bonds is 6. The van der Waals surface area contributed by atoms with E-state index in [0.717, 1.165) is 0 Å². The number of aliphatic hydroxyl groups is 3. The molecule has 0 saturated carbocycles. The van der Waals surface area contributed by atoms with Crippen molar-refractivity contribution in [3.8, 4) is 0 Å². The summed E-state index contributed by atoms with van der Waals surface area (Å²) in [5.74, 6) is 0. The first kappa shape index (κ1) is 20.0. The van der Waals surface area contributed by atoms with Crippen LogP contribution in [0.1, 0.15) is 13.8 Å². The molecule has 3 N–H and O–H groups in total. The number of hydrogen-bond donors (Lipinski definition) is 3. The van der Waals surface area contributed by atoms with Gasteiger partial charge < -0.3 is 22.7 Å². The molecule has 0 spiro atoms. The van der Waals surface area contributed by atoms with E-state index in [-0.39, 0.29) is 42.4 Å². The van der Waals surface area contributed by atoms with Crippen LogP contribution >= 0.6 is 0 Å². The van der Waals surface area contributed by atoms with Gasteiger partial charge in [0.1, 0.15) is 0 Å². The molecule has 0 radical (unpaired) electrons. The quantitative estimate of drug-likeness (QED) is 0.432. The Kier molecular flexibility index (Phi) is 14.4. The molecule has 14 heavy (non-hydrogen) atoms. The Balaban J connectivity index is -0.000000605. The molecule has 4 nitrogen and oxygen atoms in total. The Hall–Kier alpha value is 0.554. The second-order valence-corrected chi connectivity index (χ2v) is 3.54. The molecule has 0 rings (SSSR count). The minimum atomic E-state index is -0.773. The van der Waals surface area contributed by atoms with E-state index in [9.17, 15) is 5.11 Å². The minimum absolute atomic E-state index is 0. The van der Waals surface area contributed by atoms with Crippen LogP contribution < -0.4 is 0 Å². The maximum absolute atomic E-state index is 9.44. The third-order valence-electron chi connectivity index (χ3n) is 1.44. The summed E-state index contributed by atoms with van der Waals surface area (Å²) in [6.45, 7) is 4.96. The largest absolute Gasteiger partial charge is 0.395 e. The Morgan fingerprint density at radius 2 is 1.43 bits per heavy atom. The zero-order chi connectivity index (χ0) is 9.61. The van der Waals surface area contributed by atoms with Crippen LogP contribution in [-0.4, -0.2) is 58.7 Å². The van der Waals surface area contributed by atoms with Crippen molar-refractivity contribution in [3.63, 3.8) is 0 Å². The molecule has 0 aromatic rings. The van der Waals surface area contributed by atoms with E-state index >= 15 is 0 Å². The summed E-state index contributed by atoms with van der Waals surface area (Å²) >= 11 is 0. The first-order valence-electron chi connectivity index (χ1n) is 4.16. The normalized spacial score (nSPS) is 10.7. The van der Waals surface area contributed by atoms with Crippen molar-refractivity contribution in [1.29, 1.82) is 0 Å². The van der Waals surface area contributed by atoms with E-state index in [2.05, 4.69) is 0 Å². The molecule has 0 atom stereocenters. The molecule has 0 amide bonds. The molecular weight excluding hydrogens is 218 g/mol. The summed E-state index contributed by atoms with van der Waals surface area (Å²) in [7, 11) is 0. The van der Waals surface area contributed by atoms with Crippen LogP contribution in [0.2, 0.25) is 0 Å². The van der Waals surface area contributed by atoms with Gasteiger partial charge in [0.2, 0.25) is 0 Å². The fourth-order valence-electron chi connectivity index (χ4n) is 1.10. The SMILES string of the molecule is CC(C)(O)CN(CCO)CCO.[CH3-].[Ti]. The van der Waals surface area contributed by atoms with Crippen molar-refractivity contribution in [2.24, 2.45) is 0 Å². The van der Waals surface area contributed by atoms with Gasteiger partial charge in [-0.1, -0.05) is 0 Å². The molecule has 0 heterocycles. The minimum Gasteiger partial charge on any atom is -0.395 e. The number of aliphatic hydroxyl groups excluding tert-OH is 2. The van der Waals surface area contributed by atoms with Crippen molar-refractivity contribution in [2.45, 2.75) is 19.4 Å². The monoisotopic (exact) mass is 240 g/mol. The molecule has 0 saturated heterocycles. The second-order valence-electron chi connectivity index (χ2n) is 3.54. The fraction of sp³-hybridized carbons (Fsp3) is 0.889. The van der Waals surface area contributed by atoms with Gasteiger partial charge in [0.25, 0.3) is 0 Å². The molecule has 0 aliphatic carbocycles. The molecule has 0 aromatic carbocycles. The van der Waals surface area contributed by atoms with Gasteiger partial charge in [0.05, 0.1) is 18.8 Å². The predicted molar refractivity (Wildman–Crippen MR) is 53.3 cm³/mol. The van der Waals surface area contributed by atoms with E-state index in [0.29, 0.717) is 19.6 Å². The Morgan fingerprint density at radius 1 is 1.07 bits per heavy atom. The van der Waals surface area contributed by atoms with Crippen molar-refractivity contribution in [1.82, 2.24) is 4.90 Å². The van der Waals surface area contributed by atoms with Crippen LogP contribution in [0.3, 0.4) is 0 Å². The average Bonchev–Trinajstić information content (AvgIpc) is 1.84. The standard InChI is InChI=1S/C8H19NO3.CH3.Ti/c1-8(2,12)7-9(3-5-10)4-6-11;;/h10-12H,3-7H2,1-2H3;1H3;/q;-1;. The average molecular weight is 240 g/mol. The number of nitrogens with zero attached hydrogens (tertiary/aromatic N) is 1. The van der Waals surface area contributed by atoms with Crippen molar-refractivity contribution < 1.29 is 37.0 Å². The van der Waals surface area contributed by atoms with E-state index in [4.69, 9.17) is 10.2 Å². The molecule has 0 bridgehead atoms. The van der Waals surface area contributed by atoms with Gasteiger partial charge in [-0.3, -0.25) is 4.90 Å². The molecule has 0 aliphatic rings. The van der Waals surface area contributed by atoms with Crippen LogP contribution in [0.4, 0.5) is 0 Å². The van der Waals surface area contributed by atoms with Crippen molar-refractivity contribution >= 4 is 0 Å².